The number of hydrogen-bond donors (Lipinski definition) is 0. The van der Waals surface area contributed by atoms with Crippen molar-refractivity contribution in [3.05, 3.63) is 24.3 Å². The van der Waals surface area contributed by atoms with Crippen LogP contribution in [0.1, 0.15) is 45.3 Å². The summed E-state index contributed by atoms with van der Waals surface area (Å²) in [5.74, 6) is 0.200. The second kappa shape index (κ2) is 4.43. The Morgan fingerprint density at radius 1 is 1.41 bits per heavy atom. The predicted octanol–water partition coefficient (Wildman–Crippen LogP) is 2.19. The average Bonchev–Trinajstić information content (AvgIpc) is 2.76. The summed E-state index contributed by atoms with van der Waals surface area (Å²) in [5, 5.41) is 0. The summed E-state index contributed by atoms with van der Waals surface area (Å²) in [6.07, 6.45) is 7.14. The van der Waals surface area contributed by atoms with Crippen molar-refractivity contribution in [3.8, 4) is 0 Å². The van der Waals surface area contributed by atoms with Crippen LogP contribution in [0.2, 0.25) is 0 Å². The van der Waals surface area contributed by atoms with Gasteiger partial charge in [0.15, 0.2) is 0 Å². The lowest BCUT2D eigenvalue weighted by Gasteiger charge is -2.30. The molecule has 4 heteroatoms. The van der Waals surface area contributed by atoms with Crippen molar-refractivity contribution in [1.82, 2.24) is 14.9 Å². The molecule has 0 aliphatic carbocycles. The first kappa shape index (κ1) is 12.0. The Kier molecular flexibility index (Phi) is 3.13. The van der Waals surface area contributed by atoms with Crippen molar-refractivity contribution in [2.24, 2.45) is 5.41 Å². The normalized spacial score (nSPS) is 20.6. The van der Waals surface area contributed by atoms with Crippen LogP contribution in [0.5, 0.6) is 0 Å². The van der Waals surface area contributed by atoms with Crippen LogP contribution in [0.15, 0.2) is 18.6 Å². The number of aromatic nitrogens is 2. The molecule has 2 heterocycles. The minimum absolute atomic E-state index is 0.107. The highest BCUT2D eigenvalue weighted by Gasteiger charge is 2.36. The summed E-state index contributed by atoms with van der Waals surface area (Å²) in [5.41, 5.74) is 0.577. The maximum atomic E-state index is 12.3. The van der Waals surface area contributed by atoms with Gasteiger partial charge in [-0.15, -0.1) is 0 Å². The fourth-order valence-electron chi connectivity index (χ4n) is 2.23. The molecule has 0 bridgehead atoms. The molecular formula is C13H19N3O. The molecule has 0 aromatic carbocycles. The number of carbonyl (C=O) groups excluding carboxylic acids is 1. The second-order valence-corrected chi connectivity index (χ2v) is 5.54. The Hall–Kier alpha value is -1.45. The zero-order chi connectivity index (χ0) is 12.5. The fraction of sp³-hybridized carbons (Fsp3) is 0.615. The number of nitrogens with zero attached hydrogens (tertiary/aromatic N) is 3. The third kappa shape index (κ3) is 2.46. The van der Waals surface area contributed by atoms with Gasteiger partial charge in [-0.05, 0) is 12.8 Å². The largest absolute Gasteiger partial charge is 0.334 e. The number of rotatable bonds is 1. The molecule has 1 aliphatic rings. The van der Waals surface area contributed by atoms with Gasteiger partial charge in [0.2, 0.25) is 5.91 Å². The Balaban J connectivity index is 2.22. The van der Waals surface area contributed by atoms with E-state index in [0.29, 0.717) is 0 Å². The van der Waals surface area contributed by atoms with Crippen molar-refractivity contribution < 1.29 is 4.79 Å². The van der Waals surface area contributed by atoms with E-state index in [1.165, 1.54) is 0 Å². The van der Waals surface area contributed by atoms with Gasteiger partial charge in [0.05, 0.1) is 17.9 Å². The Morgan fingerprint density at radius 2 is 2.18 bits per heavy atom. The first-order valence-corrected chi connectivity index (χ1v) is 6.07. The van der Waals surface area contributed by atoms with Gasteiger partial charge in [-0.1, -0.05) is 20.8 Å². The minimum Gasteiger partial charge on any atom is -0.334 e. The molecular weight excluding hydrogens is 214 g/mol. The van der Waals surface area contributed by atoms with E-state index < -0.39 is 0 Å². The van der Waals surface area contributed by atoms with Crippen molar-refractivity contribution in [2.45, 2.75) is 39.7 Å². The van der Waals surface area contributed by atoms with Crippen molar-refractivity contribution in [3.63, 3.8) is 0 Å². The zero-order valence-electron chi connectivity index (χ0n) is 10.7. The van der Waals surface area contributed by atoms with Crippen LogP contribution in [0.3, 0.4) is 0 Å². The third-order valence-electron chi connectivity index (χ3n) is 3.08. The summed E-state index contributed by atoms with van der Waals surface area (Å²) >= 11 is 0. The van der Waals surface area contributed by atoms with Crippen LogP contribution in [-0.4, -0.2) is 27.3 Å². The number of hydrogen-bond acceptors (Lipinski definition) is 3. The molecule has 1 aromatic rings. The van der Waals surface area contributed by atoms with E-state index in [9.17, 15) is 4.79 Å². The molecule has 1 amide bonds. The van der Waals surface area contributed by atoms with Crippen molar-refractivity contribution in [1.29, 1.82) is 0 Å². The molecule has 0 radical (unpaired) electrons. The molecule has 0 saturated carbocycles. The smallest absolute Gasteiger partial charge is 0.228 e. The van der Waals surface area contributed by atoms with E-state index in [4.69, 9.17) is 0 Å². The van der Waals surface area contributed by atoms with Gasteiger partial charge in [0, 0.05) is 24.4 Å². The van der Waals surface area contributed by atoms with E-state index in [2.05, 4.69) is 9.97 Å². The summed E-state index contributed by atoms with van der Waals surface area (Å²) in [4.78, 5) is 22.7. The van der Waals surface area contributed by atoms with E-state index in [0.717, 1.165) is 25.1 Å². The number of amides is 1. The lowest BCUT2D eigenvalue weighted by Crippen LogP contribution is -2.39. The summed E-state index contributed by atoms with van der Waals surface area (Å²) in [6, 6.07) is 0.107. The molecule has 0 unspecified atom stereocenters. The SMILES string of the molecule is CC(C)(C)C(=O)N1CCC[C@H]1c1cnccn1. The molecule has 1 aliphatic heterocycles. The van der Waals surface area contributed by atoms with Crippen LogP contribution in [-0.2, 0) is 4.79 Å². The number of carbonyl (C=O) groups is 1. The van der Waals surface area contributed by atoms with Crippen LogP contribution in [0.4, 0.5) is 0 Å². The monoisotopic (exact) mass is 233 g/mol. The lowest BCUT2D eigenvalue weighted by atomic mass is 9.94. The highest BCUT2D eigenvalue weighted by Crippen LogP contribution is 2.33. The molecule has 1 aromatic heterocycles. The van der Waals surface area contributed by atoms with Crippen LogP contribution >= 0.6 is 0 Å². The van der Waals surface area contributed by atoms with Gasteiger partial charge in [-0.25, -0.2) is 0 Å². The molecule has 2 rings (SSSR count). The standard InChI is InChI=1S/C13H19N3O/c1-13(2,3)12(17)16-8-4-5-11(16)10-9-14-6-7-15-10/h6-7,9,11H,4-5,8H2,1-3H3/t11-/m0/s1. The molecule has 0 N–H and O–H groups in total. The van der Waals surface area contributed by atoms with Crippen molar-refractivity contribution in [2.75, 3.05) is 6.54 Å². The summed E-state index contributed by atoms with van der Waals surface area (Å²) in [6.45, 7) is 6.71. The second-order valence-electron chi connectivity index (χ2n) is 5.54. The summed E-state index contributed by atoms with van der Waals surface area (Å²) < 4.78 is 0. The van der Waals surface area contributed by atoms with E-state index in [-0.39, 0.29) is 17.4 Å². The molecule has 0 spiro atoms. The highest BCUT2D eigenvalue weighted by molar-refractivity contribution is 5.82. The van der Waals surface area contributed by atoms with Gasteiger partial charge in [0.25, 0.3) is 0 Å². The van der Waals surface area contributed by atoms with Crippen LogP contribution in [0, 0.1) is 5.41 Å². The molecule has 17 heavy (non-hydrogen) atoms. The summed E-state index contributed by atoms with van der Waals surface area (Å²) in [7, 11) is 0. The Labute approximate surface area is 102 Å². The van der Waals surface area contributed by atoms with Gasteiger partial charge in [-0.2, -0.15) is 0 Å². The topological polar surface area (TPSA) is 46.1 Å². The molecule has 1 fully saturated rings. The van der Waals surface area contributed by atoms with Crippen LogP contribution < -0.4 is 0 Å². The third-order valence-corrected chi connectivity index (χ3v) is 3.08. The maximum absolute atomic E-state index is 12.3. The van der Waals surface area contributed by atoms with Gasteiger partial charge < -0.3 is 4.90 Å². The fourth-order valence-corrected chi connectivity index (χ4v) is 2.23. The van der Waals surface area contributed by atoms with Gasteiger partial charge >= 0.3 is 0 Å². The van der Waals surface area contributed by atoms with E-state index in [1.807, 2.05) is 25.7 Å². The molecule has 4 nitrogen and oxygen atoms in total. The average molecular weight is 233 g/mol. The van der Waals surface area contributed by atoms with Crippen molar-refractivity contribution >= 4 is 5.91 Å². The minimum atomic E-state index is -0.329. The lowest BCUT2D eigenvalue weighted by molar-refractivity contribution is -0.140. The number of likely N-dealkylation sites (tertiary alicyclic amines) is 1. The van der Waals surface area contributed by atoms with E-state index >= 15 is 0 Å². The van der Waals surface area contributed by atoms with E-state index in [1.54, 1.807) is 18.6 Å². The highest BCUT2D eigenvalue weighted by atomic mass is 16.2. The van der Waals surface area contributed by atoms with Gasteiger partial charge in [-0.3, -0.25) is 14.8 Å². The quantitative estimate of drug-likeness (QED) is 0.747. The first-order chi connectivity index (χ1) is 8.00. The van der Waals surface area contributed by atoms with Gasteiger partial charge in [0.1, 0.15) is 0 Å². The maximum Gasteiger partial charge on any atom is 0.228 e. The molecule has 92 valence electrons. The molecule has 1 atom stereocenters. The first-order valence-electron chi connectivity index (χ1n) is 6.07. The Morgan fingerprint density at radius 3 is 2.76 bits per heavy atom. The molecule has 1 saturated heterocycles. The zero-order valence-corrected chi connectivity index (χ0v) is 10.7. The van der Waals surface area contributed by atoms with Crippen LogP contribution in [0.25, 0.3) is 0 Å². The Bertz CT molecular complexity index is 397. The predicted molar refractivity (Wildman–Crippen MR) is 65.2 cm³/mol.